The molecule has 0 unspecified atom stereocenters. The summed E-state index contributed by atoms with van der Waals surface area (Å²) in [4.78, 5) is 27.2. The van der Waals surface area contributed by atoms with Gasteiger partial charge in [0.2, 0.25) is 0 Å². The molecule has 1 aliphatic rings. The highest BCUT2D eigenvalue weighted by Gasteiger charge is 2.28. The molecule has 0 saturated carbocycles. The van der Waals surface area contributed by atoms with Crippen molar-refractivity contribution < 1.29 is 26.8 Å². The van der Waals surface area contributed by atoms with Crippen LogP contribution >= 0.6 is 0 Å². The van der Waals surface area contributed by atoms with Gasteiger partial charge in [0.25, 0.3) is 15.9 Å². The highest BCUT2D eigenvalue weighted by Crippen LogP contribution is 2.30. The van der Waals surface area contributed by atoms with Gasteiger partial charge in [-0.05, 0) is 51.0 Å². The molecule has 2 aromatic carbocycles. The number of carbonyl (C=O) groups excluding carboxylic acids is 2. The Morgan fingerprint density at radius 1 is 0.971 bits per heavy atom. The van der Waals surface area contributed by atoms with Crippen molar-refractivity contribution in [3.05, 3.63) is 88.1 Å². The van der Waals surface area contributed by atoms with E-state index in [4.69, 9.17) is 4.42 Å². The number of amides is 2. The number of nitrogens with one attached hydrogen (secondary N) is 3. The summed E-state index contributed by atoms with van der Waals surface area (Å²) in [7, 11) is -3.87. The van der Waals surface area contributed by atoms with Gasteiger partial charge in [0.05, 0.1) is 16.2 Å². The first-order valence-electron chi connectivity index (χ1n) is 10.8. The van der Waals surface area contributed by atoms with E-state index in [1.807, 2.05) is 6.92 Å². The molecule has 4 rings (SSSR count). The van der Waals surface area contributed by atoms with Crippen LogP contribution in [0, 0.1) is 19.7 Å². The zero-order valence-corrected chi connectivity index (χ0v) is 19.8. The molecule has 2 amide bonds. The zero-order valence-electron chi connectivity index (χ0n) is 19.0. The molecule has 0 bridgehead atoms. The largest absolute Gasteiger partial charge is 0.455 e. The average molecular weight is 499 g/mol. The summed E-state index contributed by atoms with van der Waals surface area (Å²) < 4.78 is 44.7. The van der Waals surface area contributed by atoms with E-state index in [9.17, 15) is 22.4 Å². The SMILES string of the molecule is Cc1ccc(S(=O)(=O)N/N=C2\CCCc3oc(C(=O)NNC(=O)c4ccccc4F)c(C)c32)cc1. The van der Waals surface area contributed by atoms with E-state index < -0.39 is 27.7 Å². The fourth-order valence-corrected chi connectivity index (χ4v) is 4.60. The molecule has 9 nitrogen and oxygen atoms in total. The van der Waals surface area contributed by atoms with Gasteiger partial charge in [0.1, 0.15) is 11.6 Å². The van der Waals surface area contributed by atoms with E-state index in [-0.39, 0.29) is 16.2 Å². The molecule has 1 aromatic heterocycles. The van der Waals surface area contributed by atoms with Gasteiger partial charge in [0, 0.05) is 17.5 Å². The number of hydrazine groups is 1. The average Bonchev–Trinajstić information content (AvgIpc) is 3.19. The monoisotopic (exact) mass is 498 g/mol. The summed E-state index contributed by atoms with van der Waals surface area (Å²) in [5, 5.41) is 4.13. The molecule has 1 heterocycles. The minimum absolute atomic E-state index is 0.0557. The molecule has 1 aliphatic carbocycles. The highest BCUT2D eigenvalue weighted by atomic mass is 32.2. The number of hydrazone groups is 1. The van der Waals surface area contributed by atoms with E-state index >= 15 is 0 Å². The first-order valence-corrected chi connectivity index (χ1v) is 12.3. The van der Waals surface area contributed by atoms with Gasteiger partial charge in [-0.1, -0.05) is 29.8 Å². The summed E-state index contributed by atoms with van der Waals surface area (Å²) >= 11 is 0. The summed E-state index contributed by atoms with van der Waals surface area (Å²) in [5.41, 5.74) is 6.53. The van der Waals surface area contributed by atoms with Gasteiger partial charge in [-0.3, -0.25) is 20.4 Å². The minimum atomic E-state index is -3.87. The van der Waals surface area contributed by atoms with E-state index in [1.54, 1.807) is 19.1 Å². The number of nitrogens with zero attached hydrogens (tertiary/aromatic N) is 1. The third-order valence-electron chi connectivity index (χ3n) is 5.57. The molecule has 0 aliphatic heterocycles. The minimum Gasteiger partial charge on any atom is -0.455 e. The smallest absolute Gasteiger partial charge is 0.305 e. The van der Waals surface area contributed by atoms with Gasteiger partial charge < -0.3 is 4.42 Å². The third kappa shape index (κ3) is 5.09. The lowest BCUT2D eigenvalue weighted by atomic mass is 9.93. The number of hydrogen-bond donors (Lipinski definition) is 3. The normalized spacial score (nSPS) is 14.3. The van der Waals surface area contributed by atoms with E-state index in [0.29, 0.717) is 41.9 Å². The van der Waals surface area contributed by atoms with E-state index in [1.165, 1.54) is 30.3 Å². The quantitative estimate of drug-likeness (QED) is 0.466. The van der Waals surface area contributed by atoms with E-state index in [2.05, 4.69) is 20.8 Å². The van der Waals surface area contributed by atoms with Crippen LogP contribution in [0.4, 0.5) is 4.39 Å². The molecule has 3 N–H and O–H groups in total. The maximum absolute atomic E-state index is 13.8. The molecule has 0 atom stereocenters. The molecular weight excluding hydrogens is 475 g/mol. The Morgan fingerprint density at radius 3 is 2.37 bits per heavy atom. The Balaban J connectivity index is 1.52. The maximum Gasteiger partial charge on any atom is 0.305 e. The number of hydrogen-bond acceptors (Lipinski definition) is 6. The van der Waals surface area contributed by atoms with Gasteiger partial charge in [-0.2, -0.15) is 18.4 Å². The number of benzene rings is 2. The Labute approximate surface area is 201 Å². The van der Waals surface area contributed by atoms with Crippen LogP contribution in [-0.4, -0.2) is 25.9 Å². The van der Waals surface area contributed by atoms with Gasteiger partial charge >= 0.3 is 5.91 Å². The standard InChI is InChI=1S/C24H23FN4O5S/c1-14-10-12-16(13-11-14)35(32,33)29-26-19-8-5-9-20-21(19)15(2)22(34-20)24(31)28-27-23(30)17-6-3-4-7-18(17)25/h3-4,6-7,10-13,29H,5,8-9H2,1-2H3,(H,27,30)(H,28,31)/b26-19+. The van der Waals surface area contributed by atoms with Crippen molar-refractivity contribution in [1.82, 2.24) is 15.7 Å². The Bertz CT molecular complexity index is 1430. The number of carbonyl (C=O) groups is 2. The zero-order chi connectivity index (χ0) is 25.2. The lowest BCUT2D eigenvalue weighted by molar-refractivity contribution is 0.0827. The van der Waals surface area contributed by atoms with Crippen molar-refractivity contribution in [2.45, 2.75) is 38.0 Å². The number of sulfonamides is 1. The van der Waals surface area contributed by atoms with Crippen molar-refractivity contribution in [1.29, 1.82) is 0 Å². The number of fused-ring (bicyclic) bond motifs is 1. The predicted molar refractivity (Wildman–Crippen MR) is 126 cm³/mol. The third-order valence-corrected chi connectivity index (χ3v) is 6.80. The fraction of sp³-hybridized carbons (Fsp3) is 0.208. The van der Waals surface area contributed by atoms with Crippen LogP contribution in [-0.2, 0) is 16.4 Å². The second kappa shape index (κ2) is 9.71. The molecule has 35 heavy (non-hydrogen) atoms. The van der Waals surface area contributed by atoms with Crippen LogP contribution in [0.1, 0.15) is 56.2 Å². The van der Waals surface area contributed by atoms with Crippen molar-refractivity contribution in [3.8, 4) is 0 Å². The molecule has 0 radical (unpaired) electrons. The van der Waals surface area contributed by atoms with Gasteiger partial charge in [-0.15, -0.1) is 0 Å². The summed E-state index contributed by atoms with van der Waals surface area (Å²) in [6, 6.07) is 11.7. The fourth-order valence-electron chi connectivity index (χ4n) is 3.76. The lowest BCUT2D eigenvalue weighted by Gasteiger charge is -2.14. The molecule has 182 valence electrons. The van der Waals surface area contributed by atoms with Crippen molar-refractivity contribution in [2.75, 3.05) is 0 Å². The van der Waals surface area contributed by atoms with Crippen LogP contribution < -0.4 is 15.7 Å². The number of rotatable bonds is 5. The van der Waals surface area contributed by atoms with Gasteiger partial charge in [0.15, 0.2) is 5.76 Å². The van der Waals surface area contributed by atoms with Gasteiger partial charge in [-0.25, -0.2) is 4.39 Å². The highest BCUT2D eigenvalue weighted by molar-refractivity contribution is 7.89. The Kier molecular flexibility index (Phi) is 6.70. The van der Waals surface area contributed by atoms with Crippen LogP contribution in [0.2, 0.25) is 0 Å². The second-order valence-electron chi connectivity index (χ2n) is 8.06. The molecule has 0 spiro atoms. The molecule has 0 saturated heterocycles. The predicted octanol–water partition coefficient (Wildman–Crippen LogP) is 3.13. The molecule has 0 fully saturated rings. The lowest BCUT2D eigenvalue weighted by Crippen LogP contribution is -2.42. The number of halogens is 1. The van der Waals surface area contributed by atoms with E-state index in [0.717, 1.165) is 11.6 Å². The van der Waals surface area contributed by atoms with Crippen LogP contribution in [0.5, 0.6) is 0 Å². The number of aryl methyl sites for hydroxylation is 2. The first-order chi connectivity index (χ1) is 16.7. The number of furan rings is 1. The second-order valence-corrected chi connectivity index (χ2v) is 9.72. The van der Waals surface area contributed by atoms with Crippen LogP contribution in [0.15, 0.2) is 62.9 Å². The van der Waals surface area contributed by atoms with Crippen molar-refractivity contribution in [2.24, 2.45) is 5.10 Å². The maximum atomic E-state index is 13.8. The molecule has 11 heteroatoms. The Hall–Kier alpha value is -3.99. The topological polar surface area (TPSA) is 130 Å². The summed E-state index contributed by atoms with van der Waals surface area (Å²) in [5.74, 6) is -1.84. The summed E-state index contributed by atoms with van der Waals surface area (Å²) in [6.07, 6.45) is 1.67. The first kappa shape index (κ1) is 24.1. The molecular formula is C24H23FN4O5S. The summed E-state index contributed by atoms with van der Waals surface area (Å²) in [6.45, 7) is 3.50. The van der Waals surface area contributed by atoms with Crippen LogP contribution in [0.3, 0.4) is 0 Å². The van der Waals surface area contributed by atoms with Crippen LogP contribution in [0.25, 0.3) is 0 Å². The molecule has 3 aromatic rings. The van der Waals surface area contributed by atoms with Crippen molar-refractivity contribution in [3.63, 3.8) is 0 Å². The Morgan fingerprint density at radius 2 is 1.66 bits per heavy atom. The van der Waals surface area contributed by atoms with Crippen molar-refractivity contribution >= 4 is 27.5 Å².